The van der Waals surface area contributed by atoms with Crippen molar-refractivity contribution in [3.05, 3.63) is 40.4 Å². The molecule has 1 heterocycles. The van der Waals surface area contributed by atoms with Gasteiger partial charge in [-0.05, 0) is 30.9 Å². The van der Waals surface area contributed by atoms with Gasteiger partial charge in [0.15, 0.2) is 0 Å². The molecule has 3 nitrogen and oxygen atoms in total. The van der Waals surface area contributed by atoms with Crippen LogP contribution in [0, 0.1) is 5.82 Å². The van der Waals surface area contributed by atoms with Crippen molar-refractivity contribution in [2.75, 3.05) is 0 Å². The minimum absolute atomic E-state index is 0.0299. The van der Waals surface area contributed by atoms with Crippen LogP contribution in [0.15, 0.2) is 18.3 Å². The second-order valence-corrected chi connectivity index (χ2v) is 5.72. The van der Waals surface area contributed by atoms with Gasteiger partial charge in [-0.15, -0.1) is 5.10 Å². The molecule has 2 aromatic rings. The first kappa shape index (κ1) is 12.6. The van der Waals surface area contributed by atoms with Crippen molar-refractivity contribution in [3.63, 3.8) is 0 Å². The summed E-state index contributed by atoms with van der Waals surface area (Å²) < 4.78 is 15.8. The third kappa shape index (κ3) is 2.25. The maximum Gasteiger partial charge on any atom is 0.147 e. The lowest BCUT2D eigenvalue weighted by Gasteiger charge is -2.14. The summed E-state index contributed by atoms with van der Waals surface area (Å²) in [6.07, 6.45) is 4.24. The zero-order valence-electron chi connectivity index (χ0n) is 10.9. The van der Waals surface area contributed by atoms with Crippen molar-refractivity contribution >= 4 is 11.6 Å². The molecule has 1 aliphatic carbocycles. The van der Waals surface area contributed by atoms with Crippen LogP contribution in [-0.2, 0) is 0 Å². The Morgan fingerprint density at radius 2 is 2.11 bits per heavy atom. The molecule has 100 valence electrons. The molecular weight excluding hydrogens is 265 g/mol. The highest BCUT2D eigenvalue weighted by atomic mass is 35.5. The highest BCUT2D eigenvalue weighted by Gasteiger charge is 2.27. The Morgan fingerprint density at radius 1 is 1.37 bits per heavy atom. The number of hydrogen-bond donors (Lipinski definition) is 0. The second kappa shape index (κ2) is 4.60. The van der Waals surface area contributed by atoms with Crippen LogP contribution in [0.2, 0.25) is 5.02 Å². The van der Waals surface area contributed by atoms with Gasteiger partial charge in [-0.2, -0.15) is 0 Å². The third-order valence-corrected chi connectivity index (χ3v) is 3.73. The predicted molar refractivity (Wildman–Crippen MR) is 72.4 cm³/mol. The molecule has 5 heteroatoms. The van der Waals surface area contributed by atoms with Crippen LogP contribution in [0.3, 0.4) is 0 Å². The number of rotatable bonds is 3. The van der Waals surface area contributed by atoms with E-state index in [0.29, 0.717) is 11.5 Å². The van der Waals surface area contributed by atoms with Gasteiger partial charge >= 0.3 is 0 Å². The maximum atomic E-state index is 14.2. The molecule has 0 unspecified atom stereocenters. The van der Waals surface area contributed by atoms with E-state index >= 15 is 0 Å². The number of halogens is 2. The molecular formula is C14H15ClFN3. The van der Waals surface area contributed by atoms with Gasteiger partial charge in [0.25, 0.3) is 0 Å². The highest BCUT2D eigenvalue weighted by molar-refractivity contribution is 6.30. The topological polar surface area (TPSA) is 30.7 Å². The van der Waals surface area contributed by atoms with E-state index in [2.05, 4.69) is 10.3 Å². The first-order chi connectivity index (χ1) is 9.08. The zero-order valence-corrected chi connectivity index (χ0v) is 11.7. The molecule has 0 N–H and O–H groups in total. The molecule has 0 bridgehead atoms. The quantitative estimate of drug-likeness (QED) is 0.848. The summed E-state index contributed by atoms with van der Waals surface area (Å²) in [5.74, 6) is 0.202. The van der Waals surface area contributed by atoms with Crippen molar-refractivity contribution < 1.29 is 4.39 Å². The fraction of sp³-hybridized carbons (Fsp3) is 0.429. The summed E-state index contributed by atoms with van der Waals surface area (Å²) in [5.41, 5.74) is 2.29. The summed E-state index contributed by atoms with van der Waals surface area (Å²) in [6.45, 7) is 3.88. The largest absolute Gasteiger partial charge is 0.220 e. The van der Waals surface area contributed by atoms with E-state index in [4.69, 9.17) is 11.6 Å². The van der Waals surface area contributed by atoms with Crippen LogP contribution >= 0.6 is 11.6 Å². The molecule has 1 aromatic carbocycles. The van der Waals surface area contributed by atoms with E-state index in [-0.39, 0.29) is 16.8 Å². The third-order valence-electron chi connectivity index (χ3n) is 3.44. The summed E-state index contributed by atoms with van der Waals surface area (Å²) in [4.78, 5) is 0. The van der Waals surface area contributed by atoms with Gasteiger partial charge in [-0.3, -0.25) is 0 Å². The van der Waals surface area contributed by atoms with Gasteiger partial charge in [0.1, 0.15) is 5.82 Å². The van der Waals surface area contributed by atoms with Gasteiger partial charge in [-0.25, -0.2) is 9.07 Å². The summed E-state index contributed by atoms with van der Waals surface area (Å²) in [7, 11) is 0. The molecule has 0 radical (unpaired) electrons. The minimum atomic E-state index is -0.363. The Bertz CT molecular complexity index is 617. The predicted octanol–water partition coefficient (Wildman–Crippen LogP) is 4.06. The monoisotopic (exact) mass is 279 g/mol. The van der Waals surface area contributed by atoms with Crippen LogP contribution in [0.4, 0.5) is 4.39 Å². The first-order valence-corrected chi connectivity index (χ1v) is 6.86. The fourth-order valence-electron chi connectivity index (χ4n) is 2.27. The Kier molecular flexibility index (Phi) is 3.05. The molecule has 1 fully saturated rings. The highest BCUT2D eigenvalue weighted by Crippen LogP contribution is 2.39. The van der Waals surface area contributed by atoms with Gasteiger partial charge < -0.3 is 0 Å². The van der Waals surface area contributed by atoms with Crippen molar-refractivity contribution in [1.29, 1.82) is 0 Å². The summed E-state index contributed by atoms with van der Waals surface area (Å²) in [5, 5.41) is 8.43. The lowest BCUT2D eigenvalue weighted by molar-refractivity contribution is 0.593. The molecule has 1 aliphatic rings. The van der Waals surface area contributed by atoms with Crippen LogP contribution in [-0.4, -0.2) is 15.0 Å². The van der Waals surface area contributed by atoms with E-state index in [1.165, 1.54) is 12.8 Å². The second-order valence-electron chi connectivity index (χ2n) is 5.31. The molecule has 1 aromatic heterocycles. The molecule has 0 aliphatic heterocycles. The fourth-order valence-corrected chi connectivity index (χ4v) is 2.43. The normalized spacial score (nSPS) is 15.2. The smallest absolute Gasteiger partial charge is 0.147 e. The Hall–Kier alpha value is -1.42. The standard InChI is InChI=1S/C14H15ClFN3/c1-8(2)13-12(6-5-10(15)14(13)16)19-7-11(17-18-19)9-3-4-9/h5-9H,3-4H2,1-2H3. The van der Waals surface area contributed by atoms with Crippen LogP contribution in [0.5, 0.6) is 0 Å². The van der Waals surface area contributed by atoms with Gasteiger partial charge in [-0.1, -0.05) is 30.7 Å². The van der Waals surface area contributed by atoms with Gasteiger partial charge in [0, 0.05) is 11.5 Å². The Labute approximate surface area is 116 Å². The average Bonchev–Trinajstić information content (AvgIpc) is 3.10. The number of nitrogens with zero attached hydrogens (tertiary/aromatic N) is 3. The molecule has 0 atom stereocenters. The van der Waals surface area contributed by atoms with Gasteiger partial charge in [0.05, 0.1) is 22.6 Å². The lowest BCUT2D eigenvalue weighted by Crippen LogP contribution is -2.05. The molecule has 0 amide bonds. The van der Waals surface area contributed by atoms with E-state index in [9.17, 15) is 4.39 Å². The number of hydrogen-bond acceptors (Lipinski definition) is 2. The van der Waals surface area contributed by atoms with E-state index in [1.807, 2.05) is 20.0 Å². The first-order valence-electron chi connectivity index (χ1n) is 6.48. The molecule has 1 saturated carbocycles. The summed E-state index contributed by atoms with van der Waals surface area (Å²) in [6, 6.07) is 3.36. The van der Waals surface area contributed by atoms with Crippen LogP contribution in [0.25, 0.3) is 5.69 Å². The van der Waals surface area contributed by atoms with Crippen molar-refractivity contribution in [2.24, 2.45) is 0 Å². The van der Waals surface area contributed by atoms with E-state index in [0.717, 1.165) is 11.4 Å². The Morgan fingerprint density at radius 3 is 2.74 bits per heavy atom. The minimum Gasteiger partial charge on any atom is -0.220 e. The van der Waals surface area contributed by atoms with Crippen LogP contribution < -0.4 is 0 Å². The van der Waals surface area contributed by atoms with E-state index < -0.39 is 0 Å². The zero-order chi connectivity index (χ0) is 13.6. The molecule has 19 heavy (non-hydrogen) atoms. The number of benzene rings is 1. The van der Waals surface area contributed by atoms with Crippen molar-refractivity contribution in [1.82, 2.24) is 15.0 Å². The average molecular weight is 280 g/mol. The Balaban J connectivity index is 2.09. The molecule has 3 rings (SSSR count). The maximum absolute atomic E-state index is 14.2. The molecule has 0 spiro atoms. The van der Waals surface area contributed by atoms with E-state index in [1.54, 1.807) is 16.8 Å². The summed E-state index contributed by atoms with van der Waals surface area (Å²) >= 11 is 5.86. The number of aromatic nitrogens is 3. The van der Waals surface area contributed by atoms with Gasteiger partial charge in [0.2, 0.25) is 0 Å². The SMILES string of the molecule is CC(C)c1c(-n2cc(C3CC3)nn2)ccc(Cl)c1F. The van der Waals surface area contributed by atoms with Crippen molar-refractivity contribution in [3.8, 4) is 5.69 Å². The van der Waals surface area contributed by atoms with Crippen molar-refractivity contribution in [2.45, 2.75) is 38.5 Å². The molecule has 0 saturated heterocycles. The lowest BCUT2D eigenvalue weighted by atomic mass is 10.0. The van der Waals surface area contributed by atoms with Crippen LogP contribution in [0.1, 0.15) is 49.8 Å².